The van der Waals surface area contributed by atoms with Gasteiger partial charge in [-0.2, -0.15) is 0 Å². The van der Waals surface area contributed by atoms with E-state index in [-0.39, 0.29) is 11.7 Å². The van der Waals surface area contributed by atoms with E-state index in [1.165, 1.54) is 0 Å². The molecule has 3 aromatic rings. The molecule has 30 heavy (non-hydrogen) atoms. The summed E-state index contributed by atoms with van der Waals surface area (Å²) >= 11 is 6.99. The Bertz CT molecular complexity index is 1150. The summed E-state index contributed by atoms with van der Waals surface area (Å²) in [5.41, 5.74) is 6.83. The van der Waals surface area contributed by atoms with Crippen molar-refractivity contribution >= 4 is 34.0 Å². The molecule has 0 spiro atoms. The number of aryl methyl sites for hydroxylation is 2. The zero-order valence-electron chi connectivity index (χ0n) is 18.2. The van der Waals surface area contributed by atoms with Crippen LogP contribution in [0.5, 0.6) is 0 Å². The second kappa shape index (κ2) is 7.44. The zero-order chi connectivity index (χ0) is 21.8. The Morgan fingerprint density at radius 3 is 2.70 bits per heavy atom. The second-order valence-corrected chi connectivity index (χ2v) is 9.55. The maximum atomic E-state index is 11.4. The van der Waals surface area contributed by atoms with Gasteiger partial charge in [-0.3, -0.25) is 0 Å². The van der Waals surface area contributed by atoms with E-state index >= 15 is 0 Å². The lowest BCUT2D eigenvalue weighted by molar-refractivity contribution is -0.116. The van der Waals surface area contributed by atoms with Gasteiger partial charge in [-0.1, -0.05) is 36.7 Å². The van der Waals surface area contributed by atoms with Crippen LogP contribution in [0.2, 0.25) is 5.02 Å². The summed E-state index contributed by atoms with van der Waals surface area (Å²) in [7, 11) is 0. The number of H-pyrrole nitrogens is 1. The van der Waals surface area contributed by atoms with E-state index in [0.29, 0.717) is 11.4 Å². The minimum absolute atomic E-state index is 0.0867. The van der Waals surface area contributed by atoms with Crippen molar-refractivity contribution in [3.8, 4) is 11.1 Å². The molecule has 0 saturated carbocycles. The van der Waals surface area contributed by atoms with Crippen LogP contribution in [0.4, 0.5) is 5.69 Å². The molecule has 0 aliphatic carbocycles. The Balaban J connectivity index is 1.88. The molecule has 0 amide bonds. The van der Waals surface area contributed by atoms with Crippen LogP contribution in [-0.2, 0) is 11.2 Å². The first-order valence-electron chi connectivity index (χ1n) is 10.5. The van der Waals surface area contributed by atoms with Crippen molar-refractivity contribution in [1.82, 2.24) is 4.98 Å². The number of aliphatic hydroxyl groups is 1. The topological polar surface area (TPSA) is 65.1 Å². The van der Waals surface area contributed by atoms with Crippen LogP contribution in [0.15, 0.2) is 30.5 Å². The second-order valence-electron chi connectivity index (χ2n) is 9.17. The summed E-state index contributed by atoms with van der Waals surface area (Å²) in [4.78, 5) is 14.8. The number of aromatic amines is 1. The van der Waals surface area contributed by atoms with Gasteiger partial charge in [0.25, 0.3) is 0 Å². The average Bonchev–Trinajstić information content (AvgIpc) is 3.10. The number of fused-ring (bicyclic) bond motifs is 2. The Hall–Kier alpha value is -2.30. The van der Waals surface area contributed by atoms with E-state index in [1.54, 1.807) is 6.92 Å². The highest BCUT2D eigenvalue weighted by Crippen LogP contribution is 2.48. The van der Waals surface area contributed by atoms with Gasteiger partial charge >= 0.3 is 0 Å². The van der Waals surface area contributed by atoms with Gasteiger partial charge in [0, 0.05) is 46.3 Å². The number of carbonyl (C=O) groups excluding carboxylic acids is 1. The number of Topliss-reactive ketones (excluding diaryl/α,β-unsaturated/α-hetero) is 1. The molecule has 4 nitrogen and oxygen atoms in total. The summed E-state index contributed by atoms with van der Waals surface area (Å²) in [5, 5.41) is 16.1. The number of carbonyl (C=O) groups is 1. The number of ketones is 1. The molecule has 0 unspecified atom stereocenters. The van der Waals surface area contributed by atoms with Gasteiger partial charge in [0.1, 0.15) is 5.78 Å². The van der Waals surface area contributed by atoms with Crippen LogP contribution in [-0.4, -0.2) is 27.5 Å². The van der Waals surface area contributed by atoms with Gasteiger partial charge in [-0.25, -0.2) is 0 Å². The molecule has 0 bridgehead atoms. The lowest BCUT2D eigenvalue weighted by Gasteiger charge is -2.43. The molecule has 0 fully saturated rings. The molecule has 2 heterocycles. The molecule has 1 aliphatic heterocycles. The van der Waals surface area contributed by atoms with Crippen molar-refractivity contribution in [2.75, 3.05) is 5.32 Å². The Labute approximate surface area is 182 Å². The van der Waals surface area contributed by atoms with Crippen molar-refractivity contribution in [1.29, 1.82) is 0 Å². The van der Waals surface area contributed by atoms with Crippen LogP contribution >= 0.6 is 11.6 Å². The molecular formula is C25H29ClN2O2. The summed E-state index contributed by atoms with van der Waals surface area (Å²) in [6.07, 6.45) is 2.70. The molecule has 3 N–H and O–H groups in total. The molecule has 0 radical (unpaired) electrons. The largest absolute Gasteiger partial charge is 0.390 e. The molecule has 2 atom stereocenters. The smallest absolute Gasteiger partial charge is 0.130 e. The number of aliphatic hydroxyl groups excluding tert-OH is 1. The summed E-state index contributed by atoms with van der Waals surface area (Å²) in [6, 6.07) is 8.31. The van der Waals surface area contributed by atoms with Crippen molar-refractivity contribution in [3.63, 3.8) is 0 Å². The molecule has 5 heteroatoms. The fourth-order valence-electron chi connectivity index (χ4n) is 4.74. The van der Waals surface area contributed by atoms with E-state index in [1.807, 2.05) is 33.0 Å². The number of nitrogens with one attached hydrogen (secondary N) is 2. The Kier molecular flexibility index (Phi) is 5.19. The maximum absolute atomic E-state index is 11.4. The molecule has 1 aliphatic rings. The highest BCUT2D eigenvalue weighted by Gasteiger charge is 2.40. The summed E-state index contributed by atoms with van der Waals surface area (Å²) in [6.45, 7) is 9.78. The quantitative estimate of drug-likeness (QED) is 0.482. The first kappa shape index (κ1) is 21.0. The van der Waals surface area contributed by atoms with Gasteiger partial charge in [-0.05, 0) is 51.3 Å². The van der Waals surface area contributed by atoms with Crippen molar-refractivity contribution in [2.24, 2.45) is 0 Å². The number of rotatable bonds is 4. The van der Waals surface area contributed by atoms with E-state index < -0.39 is 11.6 Å². The molecule has 0 saturated heterocycles. The minimum atomic E-state index is -0.545. The van der Waals surface area contributed by atoms with Crippen LogP contribution in [0.3, 0.4) is 0 Å². The minimum Gasteiger partial charge on any atom is -0.390 e. The number of para-hydroxylation sites is 1. The SMILES string of the molecule is CC(=O)CCc1c[nH]c2c(-c3cc(C)c4c(c3Cl)[C@@H](C)[C@H](O)C(C)(C)N4)cccc12. The monoisotopic (exact) mass is 424 g/mol. The number of aromatic nitrogens is 1. The fraction of sp³-hybridized carbons (Fsp3) is 0.400. The lowest BCUT2D eigenvalue weighted by atomic mass is 9.77. The normalized spacial score (nSPS) is 20.1. The van der Waals surface area contributed by atoms with Gasteiger partial charge in [0.2, 0.25) is 0 Å². The van der Waals surface area contributed by atoms with E-state index in [2.05, 4.69) is 35.4 Å². The van der Waals surface area contributed by atoms with Crippen LogP contribution in [0, 0.1) is 6.92 Å². The molecule has 158 valence electrons. The number of hydrogen-bond acceptors (Lipinski definition) is 3. The first-order valence-corrected chi connectivity index (χ1v) is 10.9. The number of benzene rings is 2. The van der Waals surface area contributed by atoms with Crippen molar-refractivity contribution in [2.45, 2.75) is 65.0 Å². The maximum Gasteiger partial charge on any atom is 0.130 e. The van der Waals surface area contributed by atoms with Crippen molar-refractivity contribution in [3.05, 3.63) is 52.2 Å². The van der Waals surface area contributed by atoms with Gasteiger partial charge in [0.15, 0.2) is 0 Å². The number of halogens is 1. The molecule has 1 aromatic heterocycles. The van der Waals surface area contributed by atoms with E-state index in [4.69, 9.17) is 11.6 Å². The molecule has 4 rings (SSSR count). The fourth-order valence-corrected chi connectivity index (χ4v) is 5.17. The third-order valence-corrected chi connectivity index (χ3v) is 6.86. The van der Waals surface area contributed by atoms with Crippen LogP contribution < -0.4 is 5.32 Å². The highest BCUT2D eigenvalue weighted by atomic mass is 35.5. The predicted octanol–water partition coefficient (Wildman–Crippen LogP) is 5.99. The standard InChI is InChI=1S/C25H29ClN2O2/c1-13-11-19(21(26)20-15(3)24(30)25(4,5)28-22(13)20)18-8-6-7-17-16(10-9-14(2)29)12-27-23(17)18/h6-8,11-12,15,24,27-28,30H,9-10H2,1-5H3/t15-,24+/m1/s1. The summed E-state index contributed by atoms with van der Waals surface area (Å²) < 4.78 is 0. The predicted molar refractivity (Wildman–Crippen MR) is 125 cm³/mol. The third kappa shape index (κ3) is 3.32. The van der Waals surface area contributed by atoms with Gasteiger partial charge in [0.05, 0.1) is 22.2 Å². The zero-order valence-corrected chi connectivity index (χ0v) is 18.9. The Morgan fingerprint density at radius 2 is 2.00 bits per heavy atom. The first-order chi connectivity index (χ1) is 14.1. The Morgan fingerprint density at radius 1 is 1.27 bits per heavy atom. The lowest BCUT2D eigenvalue weighted by Crippen LogP contribution is -2.50. The van der Waals surface area contributed by atoms with Crippen molar-refractivity contribution < 1.29 is 9.90 Å². The van der Waals surface area contributed by atoms with Gasteiger partial charge < -0.3 is 20.2 Å². The average molecular weight is 425 g/mol. The summed E-state index contributed by atoms with van der Waals surface area (Å²) in [5.74, 6) is 0.105. The number of hydrogen-bond donors (Lipinski definition) is 3. The van der Waals surface area contributed by atoms with E-state index in [0.717, 1.165) is 50.8 Å². The van der Waals surface area contributed by atoms with Crippen LogP contribution in [0.25, 0.3) is 22.0 Å². The van der Waals surface area contributed by atoms with Crippen LogP contribution in [0.1, 0.15) is 56.7 Å². The molecular weight excluding hydrogens is 396 g/mol. The number of anilines is 1. The highest BCUT2D eigenvalue weighted by molar-refractivity contribution is 6.35. The van der Waals surface area contributed by atoms with Gasteiger partial charge in [-0.15, -0.1) is 0 Å². The third-order valence-electron chi connectivity index (χ3n) is 6.45. The van der Waals surface area contributed by atoms with E-state index in [9.17, 15) is 9.90 Å². The molecule has 2 aromatic carbocycles.